The van der Waals surface area contributed by atoms with Gasteiger partial charge in [0.2, 0.25) is 0 Å². The van der Waals surface area contributed by atoms with Crippen LogP contribution < -0.4 is 5.32 Å². The van der Waals surface area contributed by atoms with Gasteiger partial charge in [0.25, 0.3) is 0 Å². The molecule has 0 saturated carbocycles. The number of hydrogen-bond acceptors (Lipinski definition) is 2. The van der Waals surface area contributed by atoms with E-state index in [4.69, 9.17) is 16.3 Å². The lowest BCUT2D eigenvalue weighted by molar-refractivity contribution is 0.0644. The molecule has 1 aromatic rings. The minimum atomic E-state index is 0.198. The second kappa shape index (κ2) is 4.78. The van der Waals surface area contributed by atoms with Gasteiger partial charge in [0.15, 0.2) is 0 Å². The normalized spacial score (nSPS) is 23.1. The fraction of sp³-hybridized carbons (Fsp3) is 0.455. The topological polar surface area (TPSA) is 21.3 Å². The van der Waals surface area contributed by atoms with Gasteiger partial charge in [-0.25, -0.2) is 0 Å². The summed E-state index contributed by atoms with van der Waals surface area (Å²) >= 11 is 5.93. The van der Waals surface area contributed by atoms with Gasteiger partial charge in [-0.2, -0.15) is 0 Å². The summed E-state index contributed by atoms with van der Waals surface area (Å²) < 4.78 is 5.72. The van der Waals surface area contributed by atoms with Crippen LogP contribution in [-0.2, 0) is 4.74 Å². The highest BCUT2D eigenvalue weighted by atomic mass is 35.5. The van der Waals surface area contributed by atoms with Crippen molar-refractivity contribution in [3.63, 3.8) is 0 Å². The quantitative estimate of drug-likeness (QED) is 0.770. The molecular weight excluding hydrogens is 198 g/mol. The van der Waals surface area contributed by atoms with Crippen LogP contribution in [0, 0.1) is 0 Å². The summed E-state index contributed by atoms with van der Waals surface area (Å²) in [6.45, 7) is 2.73. The Morgan fingerprint density at radius 1 is 1.36 bits per heavy atom. The van der Waals surface area contributed by atoms with E-state index in [0.717, 1.165) is 31.1 Å². The first-order valence-corrected chi connectivity index (χ1v) is 5.32. The summed E-state index contributed by atoms with van der Waals surface area (Å²) in [6, 6.07) is 7.92. The maximum atomic E-state index is 5.93. The Bertz CT molecular complexity index is 295. The van der Waals surface area contributed by atoms with E-state index in [-0.39, 0.29) is 6.10 Å². The molecule has 0 amide bonds. The van der Waals surface area contributed by atoms with Gasteiger partial charge < -0.3 is 10.1 Å². The third kappa shape index (κ3) is 2.47. The highest BCUT2D eigenvalue weighted by molar-refractivity contribution is 6.30. The van der Waals surface area contributed by atoms with Crippen LogP contribution in [0.15, 0.2) is 24.3 Å². The minimum Gasteiger partial charge on any atom is -0.372 e. The summed E-state index contributed by atoms with van der Waals surface area (Å²) in [5.74, 6) is 0. The predicted octanol–water partition coefficient (Wildman–Crippen LogP) is 2.39. The zero-order valence-corrected chi connectivity index (χ0v) is 8.76. The maximum Gasteiger partial charge on any atom is 0.0838 e. The van der Waals surface area contributed by atoms with Crippen LogP contribution >= 0.6 is 11.6 Å². The molecule has 14 heavy (non-hydrogen) atoms. The molecule has 1 unspecified atom stereocenters. The van der Waals surface area contributed by atoms with Crippen molar-refractivity contribution in [1.82, 2.24) is 5.32 Å². The van der Waals surface area contributed by atoms with Crippen molar-refractivity contribution in [1.29, 1.82) is 0 Å². The van der Waals surface area contributed by atoms with E-state index < -0.39 is 0 Å². The van der Waals surface area contributed by atoms with Gasteiger partial charge >= 0.3 is 0 Å². The first-order valence-electron chi connectivity index (χ1n) is 4.94. The van der Waals surface area contributed by atoms with Gasteiger partial charge in [0.1, 0.15) is 0 Å². The van der Waals surface area contributed by atoms with Gasteiger partial charge in [-0.3, -0.25) is 0 Å². The van der Waals surface area contributed by atoms with E-state index >= 15 is 0 Å². The first-order chi connectivity index (χ1) is 6.86. The third-order valence-corrected chi connectivity index (χ3v) is 2.64. The van der Waals surface area contributed by atoms with Crippen molar-refractivity contribution in [2.45, 2.75) is 12.5 Å². The van der Waals surface area contributed by atoms with Crippen LogP contribution in [0.4, 0.5) is 0 Å². The van der Waals surface area contributed by atoms with E-state index in [1.165, 1.54) is 5.56 Å². The van der Waals surface area contributed by atoms with Crippen molar-refractivity contribution >= 4 is 11.6 Å². The van der Waals surface area contributed by atoms with E-state index in [1.54, 1.807) is 0 Å². The van der Waals surface area contributed by atoms with Crippen molar-refractivity contribution in [3.8, 4) is 0 Å². The molecule has 1 saturated heterocycles. The number of halogens is 1. The summed E-state index contributed by atoms with van der Waals surface area (Å²) in [5.41, 5.74) is 1.18. The van der Waals surface area contributed by atoms with E-state index in [1.807, 2.05) is 18.2 Å². The van der Waals surface area contributed by atoms with Gasteiger partial charge in [0.05, 0.1) is 12.7 Å². The molecular formula is C11H14ClNO. The highest BCUT2D eigenvalue weighted by Gasteiger charge is 2.14. The lowest BCUT2D eigenvalue weighted by Gasteiger charge is -2.14. The highest BCUT2D eigenvalue weighted by Crippen LogP contribution is 2.24. The lowest BCUT2D eigenvalue weighted by atomic mass is 10.1. The molecule has 1 heterocycles. The van der Waals surface area contributed by atoms with E-state index in [0.29, 0.717) is 0 Å². The van der Waals surface area contributed by atoms with Crippen LogP contribution in [0.25, 0.3) is 0 Å². The average molecular weight is 212 g/mol. The van der Waals surface area contributed by atoms with Crippen LogP contribution in [0.3, 0.4) is 0 Å². The summed E-state index contributed by atoms with van der Waals surface area (Å²) in [6.07, 6.45) is 1.21. The minimum absolute atomic E-state index is 0.198. The smallest absolute Gasteiger partial charge is 0.0838 e. The molecule has 76 valence electrons. The summed E-state index contributed by atoms with van der Waals surface area (Å²) in [7, 11) is 0. The average Bonchev–Trinajstić information content (AvgIpc) is 2.45. The Balaban J connectivity index is 2.12. The van der Waals surface area contributed by atoms with Crippen LogP contribution in [0.5, 0.6) is 0 Å². The Morgan fingerprint density at radius 3 is 3.14 bits per heavy atom. The van der Waals surface area contributed by atoms with Crippen LogP contribution in [-0.4, -0.2) is 19.7 Å². The van der Waals surface area contributed by atoms with E-state index in [2.05, 4.69) is 11.4 Å². The zero-order chi connectivity index (χ0) is 9.80. The standard InChI is InChI=1S/C11H14ClNO/c12-10-3-1-2-9(8-10)11-4-5-13-6-7-14-11/h1-3,8,11,13H,4-7H2. The van der Waals surface area contributed by atoms with Gasteiger partial charge in [0, 0.05) is 11.6 Å². The molecule has 1 aliphatic heterocycles. The molecule has 0 bridgehead atoms. The first kappa shape index (κ1) is 9.97. The lowest BCUT2D eigenvalue weighted by Crippen LogP contribution is -2.16. The fourth-order valence-corrected chi connectivity index (χ4v) is 1.88. The Labute approximate surface area is 89.2 Å². The number of ether oxygens (including phenoxy) is 1. The molecule has 1 aliphatic rings. The molecule has 0 aliphatic carbocycles. The molecule has 2 rings (SSSR count). The van der Waals surface area contributed by atoms with Crippen molar-refractivity contribution in [2.75, 3.05) is 19.7 Å². The number of nitrogens with one attached hydrogen (secondary N) is 1. The molecule has 2 nitrogen and oxygen atoms in total. The molecule has 1 aromatic carbocycles. The molecule has 0 radical (unpaired) electrons. The summed E-state index contributed by atoms with van der Waals surface area (Å²) in [4.78, 5) is 0. The van der Waals surface area contributed by atoms with Gasteiger partial charge in [-0.15, -0.1) is 0 Å². The Kier molecular flexibility index (Phi) is 3.40. The number of hydrogen-bond donors (Lipinski definition) is 1. The monoisotopic (exact) mass is 211 g/mol. The fourth-order valence-electron chi connectivity index (χ4n) is 1.68. The second-order valence-corrected chi connectivity index (χ2v) is 3.89. The van der Waals surface area contributed by atoms with Crippen molar-refractivity contribution < 1.29 is 4.74 Å². The van der Waals surface area contributed by atoms with Crippen molar-refractivity contribution in [3.05, 3.63) is 34.9 Å². The number of rotatable bonds is 1. The molecule has 3 heteroatoms. The van der Waals surface area contributed by atoms with Gasteiger partial charge in [-0.1, -0.05) is 23.7 Å². The third-order valence-electron chi connectivity index (χ3n) is 2.40. The van der Waals surface area contributed by atoms with Crippen LogP contribution in [0.1, 0.15) is 18.1 Å². The molecule has 1 N–H and O–H groups in total. The number of benzene rings is 1. The van der Waals surface area contributed by atoms with Gasteiger partial charge in [-0.05, 0) is 30.7 Å². The Morgan fingerprint density at radius 2 is 2.29 bits per heavy atom. The van der Waals surface area contributed by atoms with Crippen LogP contribution in [0.2, 0.25) is 5.02 Å². The zero-order valence-electron chi connectivity index (χ0n) is 8.00. The molecule has 0 spiro atoms. The molecule has 1 fully saturated rings. The Hall–Kier alpha value is -0.570. The van der Waals surface area contributed by atoms with Crippen molar-refractivity contribution in [2.24, 2.45) is 0 Å². The SMILES string of the molecule is Clc1cccc(C2CCNCCO2)c1. The second-order valence-electron chi connectivity index (χ2n) is 3.45. The predicted molar refractivity (Wildman–Crippen MR) is 57.6 cm³/mol. The molecule has 1 atom stereocenters. The largest absolute Gasteiger partial charge is 0.372 e. The maximum absolute atomic E-state index is 5.93. The van der Waals surface area contributed by atoms with E-state index in [9.17, 15) is 0 Å². The molecule has 0 aromatic heterocycles. The summed E-state index contributed by atoms with van der Waals surface area (Å²) in [5, 5.41) is 4.08.